The number of methoxy groups -OCH3 is 1. The molecule has 1 aliphatic carbocycles. The minimum absolute atomic E-state index is 0.00762. The average molecular weight is 645 g/mol. The van der Waals surface area contributed by atoms with E-state index in [2.05, 4.69) is 20.4 Å². The number of aliphatic hydroxyl groups is 2. The standard InChI is InChI=1S/C34H49ClN4O6/c1-44-34(43)37-18-20-45-32(25-11-7-13-27(35)22-25)26-12-8-19-39(23-26)33(42)38-29(21-24-9-3-2-4-10-24)31(41)30(40)16-15-28-14-5-6-17-36-28/h5-7,11,13-14,17,22,24,26,29-32,40-41H,2-4,8-10,12,15-16,18-21,23H2,1H3,(H,37,43)(H,38,42). The number of ether oxygens (including phenoxy) is 2. The number of piperidine rings is 1. The molecule has 2 aromatic rings. The molecule has 1 aromatic carbocycles. The molecule has 3 amide bonds. The van der Waals surface area contributed by atoms with E-state index in [9.17, 15) is 19.8 Å². The summed E-state index contributed by atoms with van der Waals surface area (Å²) in [5.41, 5.74) is 1.77. The summed E-state index contributed by atoms with van der Waals surface area (Å²) in [5.74, 6) is 0.391. The van der Waals surface area contributed by atoms with Crippen molar-refractivity contribution in [1.82, 2.24) is 20.5 Å². The summed E-state index contributed by atoms with van der Waals surface area (Å²) in [4.78, 5) is 31.4. The predicted molar refractivity (Wildman–Crippen MR) is 173 cm³/mol. The van der Waals surface area contributed by atoms with Gasteiger partial charge in [-0.3, -0.25) is 4.98 Å². The van der Waals surface area contributed by atoms with E-state index in [0.29, 0.717) is 43.3 Å². The fourth-order valence-corrected chi connectivity index (χ4v) is 6.84. The summed E-state index contributed by atoms with van der Waals surface area (Å²) >= 11 is 6.33. The highest BCUT2D eigenvalue weighted by Gasteiger charge is 2.35. The number of amides is 3. The number of pyridine rings is 1. The van der Waals surface area contributed by atoms with E-state index in [1.165, 1.54) is 13.5 Å². The second-order valence-corrected chi connectivity index (χ2v) is 12.8. The summed E-state index contributed by atoms with van der Waals surface area (Å²) in [7, 11) is 1.31. The zero-order valence-electron chi connectivity index (χ0n) is 26.3. The van der Waals surface area contributed by atoms with Crippen LogP contribution < -0.4 is 10.6 Å². The van der Waals surface area contributed by atoms with Crippen LogP contribution in [0.15, 0.2) is 48.7 Å². The van der Waals surface area contributed by atoms with Gasteiger partial charge in [-0.2, -0.15) is 0 Å². The monoisotopic (exact) mass is 644 g/mol. The van der Waals surface area contributed by atoms with Gasteiger partial charge in [-0.1, -0.05) is 61.9 Å². The average Bonchev–Trinajstić information content (AvgIpc) is 3.07. The molecular weight excluding hydrogens is 596 g/mol. The van der Waals surface area contributed by atoms with Crippen molar-refractivity contribution in [1.29, 1.82) is 0 Å². The number of rotatable bonds is 14. The molecule has 0 spiro atoms. The first-order chi connectivity index (χ1) is 21.8. The zero-order valence-corrected chi connectivity index (χ0v) is 27.0. The molecule has 5 unspecified atom stereocenters. The Morgan fingerprint density at radius 1 is 1.09 bits per heavy atom. The Hall–Kier alpha value is -2.92. The maximum Gasteiger partial charge on any atom is 0.406 e. The number of nitrogens with zero attached hydrogens (tertiary/aromatic N) is 2. The van der Waals surface area contributed by atoms with Crippen molar-refractivity contribution >= 4 is 23.7 Å². The summed E-state index contributed by atoms with van der Waals surface area (Å²) < 4.78 is 10.9. The van der Waals surface area contributed by atoms with E-state index < -0.39 is 24.3 Å². The van der Waals surface area contributed by atoms with Gasteiger partial charge in [0.1, 0.15) is 6.10 Å². The molecule has 4 N–H and O–H groups in total. The number of alkyl carbamates (subject to hydrolysis) is 1. The Balaban J connectivity index is 1.42. The van der Waals surface area contributed by atoms with Crippen LogP contribution >= 0.6 is 11.6 Å². The lowest BCUT2D eigenvalue weighted by Gasteiger charge is -2.39. The molecule has 0 radical (unpaired) electrons. The van der Waals surface area contributed by atoms with E-state index in [4.69, 9.17) is 16.3 Å². The van der Waals surface area contributed by atoms with Crippen LogP contribution in [0, 0.1) is 11.8 Å². The maximum atomic E-state index is 13.8. The Morgan fingerprint density at radius 2 is 1.91 bits per heavy atom. The normalized spacial score (nSPS) is 20.1. The third-order valence-corrected chi connectivity index (χ3v) is 9.29. The highest BCUT2D eigenvalue weighted by Crippen LogP contribution is 2.34. The van der Waals surface area contributed by atoms with Gasteiger partial charge in [-0.15, -0.1) is 0 Å². The van der Waals surface area contributed by atoms with Crippen LogP contribution in [0.25, 0.3) is 0 Å². The van der Waals surface area contributed by atoms with Crippen molar-refractivity contribution < 1.29 is 29.3 Å². The third kappa shape index (κ3) is 11.1. The number of aromatic nitrogens is 1. The van der Waals surface area contributed by atoms with Gasteiger partial charge >= 0.3 is 12.1 Å². The maximum absolute atomic E-state index is 13.8. The molecule has 1 aromatic heterocycles. The molecule has 4 rings (SSSR count). The first kappa shape index (κ1) is 34.9. The molecule has 2 heterocycles. The highest BCUT2D eigenvalue weighted by molar-refractivity contribution is 6.30. The van der Waals surface area contributed by atoms with Crippen LogP contribution in [-0.2, 0) is 15.9 Å². The number of nitrogens with one attached hydrogen (secondary N) is 2. The van der Waals surface area contributed by atoms with E-state index in [1.807, 2.05) is 42.5 Å². The summed E-state index contributed by atoms with van der Waals surface area (Å²) in [6, 6.07) is 12.4. The van der Waals surface area contributed by atoms with Crippen LogP contribution in [0.5, 0.6) is 0 Å². The molecular formula is C34H49ClN4O6. The van der Waals surface area contributed by atoms with Crippen LogP contribution in [0.1, 0.15) is 75.1 Å². The van der Waals surface area contributed by atoms with Gasteiger partial charge in [-0.05, 0) is 67.9 Å². The number of halogens is 1. The number of aliphatic hydroxyl groups excluding tert-OH is 2. The number of likely N-dealkylation sites (tertiary alicyclic amines) is 1. The number of urea groups is 1. The zero-order chi connectivity index (χ0) is 32.0. The lowest BCUT2D eigenvalue weighted by atomic mass is 9.82. The largest absolute Gasteiger partial charge is 0.453 e. The quantitative estimate of drug-likeness (QED) is 0.206. The van der Waals surface area contributed by atoms with Crippen molar-refractivity contribution in [3.05, 3.63) is 64.9 Å². The SMILES string of the molecule is COC(=O)NCCOC(c1cccc(Cl)c1)C1CCCN(C(=O)NC(CC2CCCCC2)C(O)C(O)CCc2ccccn2)C1. The number of carbonyl (C=O) groups is 2. The molecule has 2 fully saturated rings. The van der Waals surface area contributed by atoms with Gasteiger partial charge in [0.2, 0.25) is 0 Å². The van der Waals surface area contributed by atoms with E-state index in [1.54, 1.807) is 11.1 Å². The van der Waals surface area contributed by atoms with Crippen LogP contribution in [-0.4, -0.2) is 83.8 Å². The number of hydrogen-bond acceptors (Lipinski definition) is 7. The molecule has 11 heteroatoms. The lowest BCUT2D eigenvalue weighted by molar-refractivity contribution is -0.0173. The Bertz CT molecular complexity index is 1180. The van der Waals surface area contributed by atoms with Gasteiger partial charge < -0.3 is 35.2 Å². The second kappa shape index (κ2) is 18.3. The molecule has 248 valence electrons. The number of carbonyl (C=O) groups excluding carboxylic acids is 2. The van der Waals surface area contributed by atoms with E-state index >= 15 is 0 Å². The van der Waals surface area contributed by atoms with Crippen LogP contribution in [0.2, 0.25) is 5.02 Å². The lowest BCUT2D eigenvalue weighted by Crippen LogP contribution is -2.55. The smallest absolute Gasteiger partial charge is 0.406 e. The van der Waals surface area contributed by atoms with Gasteiger partial charge in [-0.25, -0.2) is 9.59 Å². The number of benzene rings is 1. The minimum Gasteiger partial charge on any atom is -0.453 e. The molecule has 1 saturated heterocycles. The predicted octanol–water partition coefficient (Wildman–Crippen LogP) is 5.26. The van der Waals surface area contributed by atoms with Crippen molar-refractivity contribution in [2.24, 2.45) is 11.8 Å². The highest BCUT2D eigenvalue weighted by atomic mass is 35.5. The van der Waals surface area contributed by atoms with Crippen LogP contribution in [0.4, 0.5) is 9.59 Å². The molecule has 2 aliphatic rings. The third-order valence-electron chi connectivity index (χ3n) is 9.05. The fourth-order valence-electron chi connectivity index (χ4n) is 6.64. The first-order valence-electron chi connectivity index (χ1n) is 16.3. The van der Waals surface area contributed by atoms with E-state index in [0.717, 1.165) is 49.8 Å². The Morgan fingerprint density at radius 3 is 2.64 bits per heavy atom. The first-order valence-corrected chi connectivity index (χ1v) is 16.7. The molecule has 45 heavy (non-hydrogen) atoms. The van der Waals surface area contributed by atoms with Gasteiger partial charge in [0, 0.05) is 42.5 Å². The molecule has 5 atom stereocenters. The molecule has 10 nitrogen and oxygen atoms in total. The Kier molecular flexibility index (Phi) is 14.2. The van der Waals surface area contributed by atoms with Gasteiger partial charge in [0.25, 0.3) is 0 Å². The van der Waals surface area contributed by atoms with Crippen molar-refractivity contribution in [2.75, 3.05) is 33.4 Å². The molecule has 0 bridgehead atoms. The number of aryl methyl sites for hydroxylation is 1. The van der Waals surface area contributed by atoms with E-state index in [-0.39, 0.29) is 31.2 Å². The fraction of sp³-hybridized carbons (Fsp3) is 0.618. The summed E-state index contributed by atoms with van der Waals surface area (Å²) in [6.07, 6.45) is 7.59. The summed E-state index contributed by atoms with van der Waals surface area (Å²) in [5, 5.41) is 28.7. The Labute approximate surface area is 271 Å². The topological polar surface area (TPSA) is 133 Å². The van der Waals surface area contributed by atoms with Gasteiger partial charge in [0.05, 0.1) is 32.0 Å². The molecule has 1 saturated carbocycles. The molecule has 1 aliphatic heterocycles. The van der Waals surface area contributed by atoms with Crippen LogP contribution in [0.3, 0.4) is 0 Å². The van der Waals surface area contributed by atoms with Crippen molar-refractivity contribution in [2.45, 2.75) is 88.6 Å². The van der Waals surface area contributed by atoms with Crippen molar-refractivity contribution in [3.63, 3.8) is 0 Å². The van der Waals surface area contributed by atoms with Crippen molar-refractivity contribution in [3.8, 4) is 0 Å². The second-order valence-electron chi connectivity index (χ2n) is 12.3. The van der Waals surface area contributed by atoms with Gasteiger partial charge in [0.15, 0.2) is 0 Å². The minimum atomic E-state index is -1.09. The summed E-state index contributed by atoms with van der Waals surface area (Å²) in [6.45, 7) is 1.59. The number of hydrogen-bond donors (Lipinski definition) is 4.